The van der Waals surface area contributed by atoms with Crippen LogP contribution >= 0.6 is 0 Å². The molecule has 4 rings (SSSR count). The molecule has 0 unspecified atom stereocenters. The van der Waals surface area contributed by atoms with Gasteiger partial charge in [0.05, 0.1) is 30.3 Å². The zero-order valence-electron chi connectivity index (χ0n) is 17.9. The van der Waals surface area contributed by atoms with E-state index in [4.69, 9.17) is 9.84 Å². The fourth-order valence-corrected chi connectivity index (χ4v) is 3.80. The van der Waals surface area contributed by atoms with E-state index in [1.807, 2.05) is 41.9 Å². The van der Waals surface area contributed by atoms with Gasteiger partial charge in [-0.05, 0) is 62.6 Å². The summed E-state index contributed by atoms with van der Waals surface area (Å²) in [5.74, 6) is 1.45. The van der Waals surface area contributed by atoms with Gasteiger partial charge in [0.25, 0.3) is 5.91 Å². The fourth-order valence-electron chi connectivity index (χ4n) is 3.80. The summed E-state index contributed by atoms with van der Waals surface area (Å²) in [5.41, 5.74) is 5.94. The van der Waals surface area contributed by atoms with Crippen LogP contribution in [0.25, 0.3) is 5.69 Å². The third-order valence-electron chi connectivity index (χ3n) is 5.45. The Morgan fingerprint density at radius 1 is 1.06 bits per heavy atom. The second-order valence-corrected chi connectivity index (χ2v) is 7.55. The number of hydrazone groups is 1. The van der Waals surface area contributed by atoms with Crippen LogP contribution in [0.3, 0.4) is 0 Å². The first-order valence-corrected chi connectivity index (χ1v) is 10.5. The number of benzene rings is 2. The van der Waals surface area contributed by atoms with Crippen molar-refractivity contribution < 1.29 is 9.53 Å². The van der Waals surface area contributed by atoms with Gasteiger partial charge in [0.15, 0.2) is 0 Å². The Labute approximate surface area is 182 Å². The molecule has 0 atom stereocenters. The lowest BCUT2D eigenvalue weighted by Gasteiger charge is -2.29. The molecule has 0 aliphatic carbocycles. The Morgan fingerprint density at radius 2 is 1.77 bits per heavy atom. The molecule has 1 fully saturated rings. The van der Waals surface area contributed by atoms with E-state index in [0.29, 0.717) is 11.3 Å². The number of ether oxygens (including phenoxy) is 1. The molecule has 0 bridgehead atoms. The normalized spacial score (nSPS) is 14.1. The van der Waals surface area contributed by atoms with E-state index in [1.54, 1.807) is 37.6 Å². The first-order valence-electron chi connectivity index (χ1n) is 10.5. The standard InChI is InChI=1S/C24H27N5O2/c1-18-22(17-25-26-23(30)19-11-13-21(31-2)14-12-19)24(28-15-7-4-8-16-28)29(27-18)20-9-5-3-6-10-20/h3,5-6,9-14,17H,4,7-8,15-16H2,1-2H3,(H,26,30)/b25-17-. The van der Waals surface area contributed by atoms with Gasteiger partial charge in [-0.15, -0.1) is 0 Å². The zero-order chi connectivity index (χ0) is 21.6. The fraction of sp³-hybridized carbons (Fsp3) is 0.292. The number of rotatable bonds is 6. The van der Waals surface area contributed by atoms with Crippen LogP contribution in [0.1, 0.15) is 40.9 Å². The lowest BCUT2D eigenvalue weighted by molar-refractivity contribution is 0.0955. The summed E-state index contributed by atoms with van der Waals surface area (Å²) >= 11 is 0. The molecule has 2 aromatic carbocycles. The number of carbonyl (C=O) groups excluding carboxylic acids is 1. The van der Waals surface area contributed by atoms with E-state index in [9.17, 15) is 4.79 Å². The third-order valence-corrected chi connectivity index (χ3v) is 5.45. The van der Waals surface area contributed by atoms with Crippen molar-refractivity contribution in [2.75, 3.05) is 25.1 Å². The van der Waals surface area contributed by atoms with E-state index in [-0.39, 0.29) is 5.91 Å². The van der Waals surface area contributed by atoms with Gasteiger partial charge in [-0.25, -0.2) is 10.1 Å². The number of anilines is 1. The summed E-state index contributed by atoms with van der Waals surface area (Å²) in [5, 5.41) is 9.04. The van der Waals surface area contributed by atoms with Gasteiger partial charge in [-0.2, -0.15) is 10.2 Å². The number of aromatic nitrogens is 2. The largest absolute Gasteiger partial charge is 0.497 e. The average molecular weight is 418 g/mol. The molecule has 1 aliphatic rings. The number of nitrogens with one attached hydrogen (secondary N) is 1. The summed E-state index contributed by atoms with van der Waals surface area (Å²) in [7, 11) is 1.59. The minimum absolute atomic E-state index is 0.272. The molecule has 0 spiro atoms. The second-order valence-electron chi connectivity index (χ2n) is 7.55. The smallest absolute Gasteiger partial charge is 0.271 e. The highest BCUT2D eigenvalue weighted by Crippen LogP contribution is 2.28. The Balaban J connectivity index is 1.60. The predicted octanol–water partition coefficient (Wildman–Crippen LogP) is 3.94. The summed E-state index contributed by atoms with van der Waals surface area (Å²) in [6.45, 7) is 3.94. The molecular weight excluding hydrogens is 390 g/mol. The quantitative estimate of drug-likeness (QED) is 0.487. The first kappa shape index (κ1) is 20.7. The molecule has 1 amide bonds. The molecule has 7 nitrogen and oxygen atoms in total. The van der Waals surface area contributed by atoms with Crippen molar-refractivity contribution >= 4 is 17.9 Å². The summed E-state index contributed by atoms with van der Waals surface area (Å²) in [6, 6.07) is 17.0. The number of nitrogens with zero attached hydrogens (tertiary/aromatic N) is 4. The van der Waals surface area contributed by atoms with Crippen LogP contribution in [0.2, 0.25) is 0 Å². The molecule has 7 heteroatoms. The van der Waals surface area contributed by atoms with E-state index < -0.39 is 0 Å². The molecule has 1 aliphatic heterocycles. The maximum absolute atomic E-state index is 12.4. The lowest BCUT2D eigenvalue weighted by atomic mass is 10.1. The van der Waals surface area contributed by atoms with Crippen LogP contribution in [0, 0.1) is 6.92 Å². The lowest BCUT2D eigenvalue weighted by Crippen LogP contribution is -2.32. The molecule has 1 saturated heterocycles. The first-order chi connectivity index (χ1) is 15.2. The van der Waals surface area contributed by atoms with Crippen molar-refractivity contribution in [3.8, 4) is 11.4 Å². The van der Waals surface area contributed by atoms with E-state index in [2.05, 4.69) is 15.4 Å². The average Bonchev–Trinajstić information content (AvgIpc) is 3.16. The van der Waals surface area contributed by atoms with Gasteiger partial charge in [-0.3, -0.25) is 4.79 Å². The van der Waals surface area contributed by atoms with Gasteiger partial charge >= 0.3 is 0 Å². The number of aryl methyl sites for hydroxylation is 1. The number of carbonyl (C=O) groups is 1. The molecule has 160 valence electrons. The topological polar surface area (TPSA) is 71.7 Å². The molecule has 3 aromatic rings. The van der Waals surface area contributed by atoms with E-state index in [0.717, 1.165) is 48.7 Å². The Morgan fingerprint density at radius 3 is 2.45 bits per heavy atom. The van der Waals surface area contributed by atoms with Crippen molar-refractivity contribution in [2.45, 2.75) is 26.2 Å². The molecule has 1 aromatic heterocycles. The number of hydrogen-bond donors (Lipinski definition) is 1. The summed E-state index contributed by atoms with van der Waals surface area (Å²) in [6.07, 6.45) is 5.26. The Kier molecular flexibility index (Phi) is 6.31. The molecule has 0 radical (unpaired) electrons. The number of para-hydroxylation sites is 1. The van der Waals surface area contributed by atoms with Gasteiger partial charge in [-0.1, -0.05) is 18.2 Å². The minimum Gasteiger partial charge on any atom is -0.497 e. The number of methoxy groups -OCH3 is 1. The predicted molar refractivity (Wildman–Crippen MR) is 122 cm³/mol. The van der Waals surface area contributed by atoms with Crippen LogP contribution in [-0.2, 0) is 0 Å². The Hall–Kier alpha value is -3.61. The van der Waals surface area contributed by atoms with Crippen LogP contribution in [-0.4, -0.2) is 42.1 Å². The highest BCUT2D eigenvalue weighted by molar-refractivity contribution is 5.95. The Bertz CT molecular complexity index is 1050. The van der Waals surface area contributed by atoms with Crippen LogP contribution in [0.15, 0.2) is 59.7 Å². The summed E-state index contributed by atoms with van der Waals surface area (Å²) < 4.78 is 7.11. The van der Waals surface area contributed by atoms with Crippen LogP contribution in [0.5, 0.6) is 5.75 Å². The maximum atomic E-state index is 12.4. The van der Waals surface area contributed by atoms with Crippen molar-refractivity contribution in [1.82, 2.24) is 15.2 Å². The van der Waals surface area contributed by atoms with Crippen molar-refractivity contribution in [1.29, 1.82) is 0 Å². The third kappa shape index (κ3) is 4.60. The number of piperidine rings is 1. The van der Waals surface area contributed by atoms with Gasteiger partial charge in [0, 0.05) is 18.7 Å². The second kappa shape index (κ2) is 9.47. The van der Waals surface area contributed by atoms with Gasteiger partial charge < -0.3 is 9.64 Å². The molecule has 1 N–H and O–H groups in total. The molecule has 2 heterocycles. The molecular formula is C24H27N5O2. The minimum atomic E-state index is -0.272. The van der Waals surface area contributed by atoms with Crippen molar-refractivity contribution in [2.24, 2.45) is 5.10 Å². The molecule has 31 heavy (non-hydrogen) atoms. The van der Waals surface area contributed by atoms with Gasteiger partial charge in [0.2, 0.25) is 0 Å². The highest BCUT2D eigenvalue weighted by Gasteiger charge is 2.22. The highest BCUT2D eigenvalue weighted by atomic mass is 16.5. The number of hydrogen-bond acceptors (Lipinski definition) is 5. The van der Waals surface area contributed by atoms with E-state index >= 15 is 0 Å². The maximum Gasteiger partial charge on any atom is 0.271 e. The molecule has 0 saturated carbocycles. The van der Waals surface area contributed by atoms with Crippen LogP contribution in [0.4, 0.5) is 5.82 Å². The van der Waals surface area contributed by atoms with Crippen molar-refractivity contribution in [3.05, 3.63) is 71.4 Å². The summed E-state index contributed by atoms with van der Waals surface area (Å²) in [4.78, 5) is 14.8. The monoisotopic (exact) mass is 417 g/mol. The zero-order valence-corrected chi connectivity index (χ0v) is 17.9. The SMILES string of the molecule is COc1ccc(C(=O)N/N=C\c2c(C)nn(-c3ccccc3)c2N2CCCCC2)cc1. The van der Waals surface area contributed by atoms with E-state index in [1.165, 1.54) is 6.42 Å². The van der Waals surface area contributed by atoms with Crippen molar-refractivity contribution in [3.63, 3.8) is 0 Å². The van der Waals surface area contributed by atoms with Crippen LogP contribution < -0.4 is 15.1 Å². The van der Waals surface area contributed by atoms with Gasteiger partial charge in [0.1, 0.15) is 11.6 Å². The number of amides is 1.